The van der Waals surface area contributed by atoms with Crippen LogP contribution in [0, 0.1) is 5.82 Å². The molecule has 0 aliphatic heterocycles. The van der Waals surface area contributed by atoms with Crippen LogP contribution in [0.1, 0.15) is 0 Å². The van der Waals surface area contributed by atoms with Crippen molar-refractivity contribution in [3.63, 3.8) is 0 Å². The van der Waals surface area contributed by atoms with Gasteiger partial charge in [-0.1, -0.05) is 24.3 Å². The molecule has 1 heterocycles. The molecule has 0 unspecified atom stereocenters. The largest absolute Gasteiger partial charge is 0.508 e. The fraction of sp³-hybridized carbons (Fsp3) is 0. The van der Waals surface area contributed by atoms with E-state index in [1.54, 1.807) is 36.4 Å². The van der Waals surface area contributed by atoms with Crippen molar-refractivity contribution >= 4 is 11.3 Å². The van der Waals surface area contributed by atoms with Gasteiger partial charge in [0.15, 0.2) is 0 Å². The Kier molecular flexibility index (Phi) is 3.01. The molecular formula is C15H10FNOS. The fourth-order valence-electron chi connectivity index (χ4n) is 1.84. The topological polar surface area (TPSA) is 33.1 Å². The molecule has 1 N–H and O–H groups in total. The summed E-state index contributed by atoms with van der Waals surface area (Å²) in [6.45, 7) is 0. The maximum absolute atomic E-state index is 13.7. The van der Waals surface area contributed by atoms with E-state index in [2.05, 4.69) is 4.98 Å². The van der Waals surface area contributed by atoms with Crippen LogP contribution in [0.15, 0.2) is 53.9 Å². The zero-order valence-electron chi connectivity index (χ0n) is 9.88. The molecule has 4 heteroatoms. The summed E-state index contributed by atoms with van der Waals surface area (Å²) in [5, 5.41) is 12.0. The molecule has 3 rings (SSSR count). The lowest BCUT2D eigenvalue weighted by Crippen LogP contribution is -1.83. The Hall–Kier alpha value is -2.20. The van der Waals surface area contributed by atoms with Crippen LogP contribution in [-0.2, 0) is 0 Å². The van der Waals surface area contributed by atoms with Crippen molar-refractivity contribution in [3.05, 3.63) is 59.7 Å². The summed E-state index contributed by atoms with van der Waals surface area (Å²) in [6, 6.07) is 13.4. The van der Waals surface area contributed by atoms with Crippen molar-refractivity contribution < 1.29 is 9.50 Å². The van der Waals surface area contributed by atoms with Crippen molar-refractivity contribution in [2.24, 2.45) is 0 Å². The minimum atomic E-state index is -0.282. The average molecular weight is 271 g/mol. The standard InChI is InChI=1S/C15H10FNOS/c16-13-7-2-1-6-12(13)14-9-19-15(17-14)10-4-3-5-11(18)8-10/h1-9,18H. The van der Waals surface area contributed by atoms with Crippen molar-refractivity contribution in [3.8, 4) is 27.6 Å². The van der Waals surface area contributed by atoms with Gasteiger partial charge in [0.25, 0.3) is 0 Å². The number of hydrogen-bond acceptors (Lipinski definition) is 3. The maximum Gasteiger partial charge on any atom is 0.132 e. The lowest BCUT2D eigenvalue weighted by molar-refractivity contribution is 0.475. The minimum Gasteiger partial charge on any atom is -0.508 e. The number of thiazole rings is 1. The molecule has 0 amide bonds. The Bertz CT molecular complexity index is 723. The van der Waals surface area contributed by atoms with Crippen LogP contribution < -0.4 is 0 Å². The summed E-state index contributed by atoms with van der Waals surface area (Å²) < 4.78 is 13.7. The molecule has 0 atom stereocenters. The molecule has 0 bridgehead atoms. The Balaban J connectivity index is 2.03. The number of halogens is 1. The predicted molar refractivity (Wildman–Crippen MR) is 74.6 cm³/mol. The van der Waals surface area contributed by atoms with Crippen LogP contribution >= 0.6 is 11.3 Å². The Morgan fingerprint density at radius 2 is 1.89 bits per heavy atom. The van der Waals surface area contributed by atoms with Gasteiger partial charge in [-0.25, -0.2) is 9.37 Å². The minimum absolute atomic E-state index is 0.195. The van der Waals surface area contributed by atoms with E-state index in [1.165, 1.54) is 17.4 Å². The van der Waals surface area contributed by atoms with Gasteiger partial charge < -0.3 is 5.11 Å². The van der Waals surface area contributed by atoms with E-state index in [1.807, 2.05) is 11.4 Å². The van der Waals surface area contributed by atoms with Crippen LogP contribution in [0.5, 0.6) is 5.75 Å². The Morgan fingerprint density at radius 1 is 1.05 bits per heavy atom. The van der Waals surface area contributed by atoms with E-state index >= 15 is 0 Å². The van der Waals surface area contributed by atoms with Gasteiger partial charge in [0, 0.05) is 16.5 Å². The van der Waals surface area contributed by atoms with Gasteiger partial charge in [0.1, 0.15) is 16.6 Å². The normalized spacial score (nSPS) is 10.6. The predicted octanol–water partition coefficient (Wildman–Crippen LogP) is 4.32. The fourth-order valence-corrected chi connectivity index (χ4v) is 2.65. The summed E-state index contributed by atoms with van der Waals surface area (Å²) >= 11 is 1.43. The van der Waals surface area contributed by atoms with Crippen LogP contribution in [-0.4, -0.2) is 10.1 Å². The first-order valence-corrected chi connectivity index (χ1v) is 6.62. The number of phenols is 1. The van der Waals surface area contributed by atoms with Gasteiger partial charge in [-0.15, -0.1) is 11.3 Å². The second-order valence-electron chi connectivity index (χ2n) is 4.07. The number of aromatic hydroxyl groups is 1. The average Bonchev–Trinajstić information content (AvgIpc) is 2.89. The van der Waals surface area contributed by atoms with E-state index in [-0.39, 0.29) is 11.6 Å². The molecule has 2 nitrogen and oxygen atoms in total. The third-order valence-corrected chi connectivity index (χ3v) is 3.64. The summed E-state index contributed by atoms with van der Waals surface area (Å²) in [5.41, 5.74) is 1.93. The summed E-state index contributed by atoms with van der Waals surface area (Å²) in [6.07, 6.45) is 0. The molecule has 0 aliphatic carbocycles. The molecule has 0 fully saturated rings. The second kappa shape index (κ2) is 4.82. The second-order valence-corrected chi connectivity index (χ2v) is 4.93. The lowest BCUT2D eigenvalue weighted by Gasteiger charge is -1.99. The van der Waals surface area contributed by atoms with E-state index in [4.69, 9.17) is 0 Å². The molecule has 94 valence electrons. The number of benzene rings is 2. The van der Waals surface area contributed by atoms with Gasteiger partial charge in [0.05, 0.1) is 5.69 Å². The molecule has 2 aromatic carbocycles. The van der Waals surface area contributed by atoms with E-state index in [0.29, 0.717) is 11.3 Å². The number of nitrogens with zero attached hydrogens (tertiary/aromatic N) is 1. The monoisotopic (exact) mass is 271 g/mol. The zero-order chi connectivity index (χ0) is 13.2. The highest BCUT2D eigenvalue weighted by atomic mass is 32.1. The number of rotatable bonds is 2. The molecule has 19 heavy (non-hydrogen) atoms. The third kappa shape index (κ3) is 2.35. The zero-order valence-corrected chi connectivity index (χ0v) is 10.7. The SMILES string of the molecule is Oc1cccc(-c2nc(-c3ccccc3F)cs2)c1. The van der Waals surface area contributed by atoms with Crippen molar-refractivity contribution in [1.29, 1.82) is 0 Å². The van der Waals surface area contributed by atoms with Gasteiger partial charge in [0.2, 0.25) is 0 Å². The summed E-state index contributed by atoms with van der Waals surface area (Å²) in [7, 11) is 0. The molecule has 0 saturated heterocycles. The summed E-state index contributed by atoms with van der Waals surface area (Å²) in [5.74, 6) is -0.0876. The van der Waals surface area contributed by atoms with Crippen LogP contribution in [0.4, 0.5) is 4.39 Å². The molecule has 0 saturated carbocycles. The highest BCUT2D eigenvalue weighted by molar-refractivity contribution is 7.13. The highest BCUT2D eigenvalue weighted by Gasteiger charge is 2.10. The van der Waals surface area contributed by atoms with Crippen LogP contribution in [0.3, 0.4) is 0 Å². The molecule has 0 radical (unpaired) electrons. The highest BCUT2D eigenvalue weighted by Crippen LogP contribution is 2.31. The smallest absolute Gasteiger partial charge is 0.132 e. The first-order valence-electron chi connectivity index (χ1n) is 5.74. The lowest BCUT2D eigenvalue weighted by atomic mass is 10.1. The molecule has 0 aliphatic rings. The Morgan fingerprint density at radius 3 is 2.68 bits per heavy atom. The van der Waals surface area contributed by atoms with Crippen molar-refractivity contribution in [1.82, 2.24) is 4.98 Å². The van der Waals surface area contributed by atoms with Crippen molar-refractivity contribution in [2.45, 2.75) is 0 Å². The van der Waals surface area contributed by atoms with Gasteiger partial charge >= 0.3 is 0 Å². The first-order chi connectivity index (χ1) is 9.24. The van der Waals surface area contributed by atoms with E-state index in [0.717, 1.165) is 10.6 Å². The number of phenolic OH excluding ortho intramolecular Hbond substituents is 1. The number of aromatic nitrogens is 1. The maximum atomic E-state index is 13.7. The molecule has 3 aromatic rings. The molecule has 1 aromatic heterocycles. The van der Waals surface area contributed by atoms with Gasteiger partial charge in [-0.05, 0) is 24.3 Å². The first kappa shape index (κ1) is 11.9. The summed E-state index contributed by atoms with van der Waals surface area (Å²) in [4.78, 5) is 4.42. The van der Waals surface area contributed by atoms with Gasteiger partial charge in [-0.3, -0.25) is 0 Å². The Labute approximate surface area is 113 Å². The molecular weight excluding hydrogens is 261 g/mol. The van der Waals surface area contributed by atoms with Crippen LogP contribution in [0.2, 0.25) is 0 Å². The van der Waals surface area contributed by atoms with Gasteiger partial charge in [-0.2, -0.15) is 0 Å². The van der Waals surface area contributed by atoms with Crippen LogP contribution in [0.25, 0.3) is 21.8 Å². The number of hydrogen-bond donors (Lipinski definition) is 1. The third-order valence-electron chi connectivity index (χ3n) is 2.75. The van der Waals surface area contributed by atoms with E-state index < -0.39 is 0 Å². The quantitative estimate of drug-likeness (QED) is 0.753. The molecule has 0 spiro atoms. The van der Waals surface area contributed by atoms with Crippen molar-refractivity contribution in [2.75, 3.05) is 0 Å². The van der Waals surface area contributed by atoms with E-state index in [9.17, 15) is 9.50 Å².